The monoisotopic (exact) mass is 294 g/mol. The Bertz CT molecular complexity index is 157. The Kier molecular flexibility index (Phi) is 3.52. The van der Waals surface area contributed by atoms with Gasteiger partial charge < -0.3 is 4.74 Å². The van der Waals surface area contributed by atoms with E-state index in [0.717, 1.165) is 19.1 Å². The molecule has 1 aliphatic heterocycles. The molecule has 1 saturated carbocycles. The normalized spacial score (nSPS) is 35.8. The zero-order chi connectivity index (χ0) is 9.15. The molecule has 0 aromatic rings. The van der Waals surface area contributed by atoms with Crippen LogP contribution < -0.4 is 0 Å². The van der Waals surface area contributed by atoms with E-state index in [1.165, 1.54) is 43.0 Å². The summed E-state index contributed by atoms with van der Waals surface area (Å²) in [7, 11) is 0. The predicted octanol–water partition coefficient (Wildman–Crippen LogP) is 3.41. The van der Waals surface area contributed by atoms with Crippen LogP contribution in [0.1, 0.15) is 38.5 Å². The topological polar surface area (TPSA) is 9.23 Å². The van der Waals surface area contributed by atoms with Crippen LogP contribution in [0.25, 0.3) is 0 Å². The van der Waals surface area contributed by atoms with Crippen LogP contribution in [0.3, 0.4) is 0 Å². The molecule has 1 unspecified atom stereocenters. The summed E-state index contributed by atoms with van der Waals surface area (Å²) >= 11 is 2.55. The van der Waals surface area contributed by atoms with Crippen molar-refractivity contribution in [3.05, 3.63) is 0 Å². The zero-order valence-corrected chi connectivity index (χ0v) is 10.4. The van der Waals surface area contributed by atoms with Gasteiger partial charge in [0.2, 0.25) is 0 Å². The van der Waals surface area contributed by atoms with E-state index in [2.05, 4.69) is 22.6 Å². The van der Waals surface area contributed by atoms with Gasteiger partial charge in [0.05, 0.1) is 6.61 Å². The molecule has 1 nitrogen and oxygen atoms in total. The van der Waals surface area contributed by atoms with Crippen molar-refractivity contribution in [2.24, 2.45) is 11.3 Å². The number of alkyl halides is 1. The lowest BCUT2D eigenvalue weighted by Gasteiger charge is -2.27. The molecule has 2 aliphatic rings. The standard InChI is InChI=1S/C11H19IO/c12-8-11(5-6-13-9-11)7-10-3-1-2-4-10/h10H,1-9H2. The fourth-order valence-corrected chi connectivity index (χ4v) is 3.71. The van der Waals surface area contributed by atoms with Gasteiger partial charge in [-0.3, -0.25) is 0 Å². The average molecular weight is 294 g/mol. The number of halogens is 1. The zero-order valence-electron chi connectivity index (χ0n) is 8.23. The van der Waals surface area contributed by atoms with Gasteiger partial charge >= 0.3 is 0 Å². The van der Waals surface area contributed by atoms with Gasteiger partial charge in [-0.25, -0.2) is 0 Å². The minimum atomic E-state index is 0.565. The van der Waals surface area contributed by atoms with Crippen molar-refractivity contribution in [2.45, 2.75) is 38.5 Å². The molecule has 1 atom stereocenters. The molecule has 2 heteroatoms. The fraction of sp³-hybridized carbons (Fsp3) is 1.00. The summed E-state index contributed by atoms with van der Waals surface area (Å²) in [5.41, 5.74) is 0.565. The van der Waals surface area contributed by atoms with Crippen LogP contribution in [0.15, 0.2) is 0 Å². The van der Waals surface area contributed by atoms with E-state index in [9.17, 15) is 0 Å². The van der Waals surface area contributed by atoms with Crippen LogP contribution in [-0.2, 0) is 4.74 Å². The number of ether oxygens (including phenoxy) is 1. The molecule has 1 heterocycles. The lowest BCUT2D eigenvalue weighted by molar-refractivity contribution is 0.148. The van der Waals surface area contributed by atoms with Crippen molar-refractivity contribution < 1.29 is 4.74 Å². The highest BCUT2D eigenvalue weighted by molar-refractivity contribution is 14.1. The molecule has 0 aromatic heterocycles. The molecule has 0 amide bonds. The second kappa shape index (κ2) is 4.47. The molecule has 76 valence electrons. The van der Waals surface area contributed by atoms with E-state index < -0.39 is 0 Å². The summed E-state index contributed by atoms with van der Waals surface area (Å²) in [6.07, 6.45) is 8.67. The average Bonchev–Trinajstić information content (AvgIpc) is 2.77. The van der Waals surface area contributed by atoms with E-state index in [4.69, 9.17) is 4.74 Å². The summed E-state index contributed by atoms with van der Waals surface area (Å²) < 4.78 is 6.85. The maximum absolute atomic E-state index is 5.56. The van der Waals surface area contributed by atoms with E-state index in [-0.39, 0.29) is 0 Å². The highest BCUT2D eigenvalue weighted by atomic mass is 127. The first-order chi connectivity index (χ1) is 6.35. The molecule has 2 rings (SSSR count). The van der Waals surface area contributed by atoms with Crippen molar-refractivity contribution in [3.8, 4) is 0 Å². The molecule has 0 radical (unpaired) electrons. The van der Waals surface area contributed by atoms with Crippen LogP contribution in [0.5, 0.6) is 0 Å². The number of hydrogen-bond acceptors (Lipinski definition) is 1. The van der Waals surface area contributed by atoms with Gasteiger partial charge in [-0.05, 0) is 18.8 Å². The second-order valence-corrected chi connectivity index (χ2v) is 5.55. The third kappa shape index (κ3) is 2.38. The van der Waals surface area contributed by atoms with Crippen molar-refractivity contribution in [1.29, 1.82) is 0 Å². The van der Waals surface area contributed by atoms with Crippen LogP contribution in [0.4, 0.5) is 0 Å². The molecule has 0 bridgehead atoms. The van der Waals surface area contributed by atoms with Gasteiger partial charge in [0.15, 0.2) is 0 Å². The van der Waals surface area contributed by atoms with Gasteiger partial charge in [0, 0.05) is 16.4 Å². The number of hydrogen-bond donors (Lipinski definition) is 0. The summed E-state index contributed by atoms with van der Waals surface area (Å²) in [6.45, 7) is 2.04. The molecule has 0 N–H and O–H groups in total. The highest BCUT2D eigenvalue weighted by Crippen LogP contribution is 2.41. The lowest BCUT2D eigenvalue weighted by Crippen LogP contribution is -2.25. The quantitative estimate of drug-likeness (QED) is 0.572. The van der Waals surface area contributed by atoms with E-state index in [1.54, 1.807) is 0 Å². The summed E-state index contributed by atoms with van der Waals surface area (Å²) in [6, 6.07) is 0. The molecule has 0 spiro atoms. The van der Waals surface area contributed by atoms with E-state index in [0.29, 0.717) is 5.41 Å². The van der Waals surface area contributed by atoms with Crippen molar-refractivity contribution in [3.63, 3.8) is 0 Å². The van der Waals surface area contributed by atoms with Crippen molar-refractivity contribution in [1.82, 2.24) is 0 Å². The minimum Gasteiger partial charge on any atom is -0.381 e. The maximum atomic E-state index is 5.56. The Balaban J connectivity index is 1.88. The predicted molar refractivity (Wildman–Crippen MR) is 63.3 cm³/mol. The first-order valence-electron chi connectivity index (χ1n) is 5.48. The highest BCUT2D eigenvalue weighted by Gasteiger charge is 2.36. The van der Waals surface area contributed by atoms with Gasteiger partial charge in [-0.15, -0.1) is 0 Å². The molecule has 2 fully saturated rings. The van der Waals surface area contributed by atoms with Crippen LogP contribution in [0, 0.1) is 11.3 Å². The van der Waals surface area contributed by atoms with Crippen LogP contribution in [-0.4, -0.2) is 17.6 Å². The third-order valence-electron chi connectivity index (χ3n) is 3.66. The summed E-state index contributed by atoms with van der Waals surface area (Å²) in [5, 5.41) is 0. The summed E-state index contributed by atoms with van der Waals surface area (Å²) in [5.74, 6) is 1.02. The van der Waals surface area contributed by atoms with Crippen LogP contribution >= 0.6 is 22.6 Å². The molecule has 1 aliphatic carbocycles. The fourth-order valence-electron chi connectivity index (χ4n) is 2.80. The maximum Gasteiger partial charge on any atom is 0.0530 e. The molecular weight excluding hydrogens is 275 g/mol. The SMILES string of the molecule is ICC1(CC2CCCC2)CCOC1. The Morgan fingerprint density at radius 3 is 2.62 bits per heavy atom. The first kappa shape index (κ1) is 10.2. The van der Waals surface area contributed by atoms with Gasteiger partial charge in [0.25, 0.3) is 0 Å². The lowest BCUT2D eigenvalue weighted by atomic mass is 9.80. The third-order valence-corrected chi connectivity index (χ3v) is 5.28. The van der Waals surface area contributed by atoms with E-state index >= 15 is 0 Å². The van der Waals surface area contributed by atoms with E-state index in [1.807, 2.05) is 0 Å². The molecule has 0 aromatic carbocycles. The second-order valence-electron chi connectivity index (χ2n) is 4.79. The smallest absolute Gasteiger partial charge is 0.0530 e. The van der Waals surface area contributed by atoms with Gasteiger partial charge in [0.1, 0.15) is 0 Å². The van der Waals surface area contributed by atoms with Crippen molar-refractivity contribution >= 4 is 22.6 Å². The Morgan fingerprint density at radius 1 is 1.31 bits per heavy atom. The van der Waals surface area contributed by atoms with Gasteiger partial charge in [-0.2, -0.15) is 0 Å². The number of rotatable bonds is 3. The Morgan fingerprint density at radius 2 is 2.08 bits per heavy atom. The molecule has 13 heavy (non-hydrogen) atoms. The molecule has 1 saturated heterocycles. The largest absolute Gasteiger partial charge is 0.381 e. The van der Waals surface area contributed by atoms with Crippen LogP contribution in [0.2, 0.25) is 0 Å². The Labute approximate surface area is 94.8 Å². The van der Waals surface area contributed by atoms with Crippen molar-refractivity contribution in [2.75, 3.05) is 17.6 Å². The first-order valence-corrected chi connectivity index (χ1v) is 7.01. The molecular formula is C11H19IO. The Hall–Kier alpha value is 0.690. The summed E-state index contributed by atoms with van der Waals surface area (Å²) in [4.78, 5) is 0. The minimum absolute atomic E-state index is 0.565. The van der Waals surface area contributed by atoms with Gasteiger partial charge in [-0.1, -0.05) is 48.3 Å².